The van der Waals surface area contributed by atoms with E-state index >= 15 is 0 Å². The first kappa shape index (κ1) is 8.31. The van der Waals surface area contributed by atoms with Crippen molar-refractivity contribution in [3.8, 4) is 11.8 Å². The lowest BCUT2D eigenvalue weighted by atomic mass is 10.5. The molecule has 0 saturated carbocycles. The predicted octanol–water partition coefficient (Wildman–Crippen LogP) is -1.04. The monoisotopic (exact) mass is 175 g/mol. The molecule has 7 nitrogen and oxygen atoms in total. The van der Waals surface area contributed by atoms with Gasteiger partial charge in [-0.05, 0) is 0 Å². The topological polar surface area (TPSA) is 96.6 Å². The highest BCUT2D eigenvalue weighted by molar-refractivity contribution is 5.54. The summed E-state index contributed by atoms with van der Waals surface area (Å²) in [7, 11) is 2.54. The van der Waals surface area contributed by atoms with Gasteiger partial charge in [0.15, 0.2) is 0 Å². The zero-order valence-corrected chi connectivity index (χ0v) is 6.64. The second-order valence-electron chi connectivity index (χ2n) is 1.99. The zero-order chi connectivity index (χ0) is 9.30. The van der Waals surface area contributed by atoms with Gasteiger partial charge < -0.3 is 25.6 Å². The second-order valence-corrected chi connectivity index (χ2v) is 1.99. The fourth-order valence-corrected chi connectivity index (χ4v) is 0.850. The van der Waals surface area contributed by atoms with E-state index in [0.717, 1.165) is 0 Å². The van der Waals surface area contributed by atoms with Crippen LogP contribution in [0.25, 0.3) is 0 Å². The van der Waals surface area contributed by atoms with Crippen LogP contribution in [0.1, 0.15) is 0 Å². The Labute approximate surface area is 68.0 Å². The van der Waals surface area contributed by atoms with E-state index in [9.17, 15) is 5.21 Å². The van der Waals surface area contributed by atoms with Gasteiger partial charge in [0.05, 0.1) is 19.1 Å². The Hall–Kier alpha value is -1.79. The SMILES string of the molecule is COc1c(N)c(OC)[n+]([O-])n1O. The van der Waals surface area contributed by atoms with E-state index in [1.165, 1.54) is 14.2 Å². The van der Waals surface area contributed by atoms with Crippen LogP contribution in [0.2, 0.25) is 0 Å². The highest BCUT2D eigenvalue weighted by Crippen LogP contribution is 2.27. The average Bonchev–Trinajstić information content (AvgIpc) is 2.25. The van der Waals surface area contributed by atoms with Crippen LogP contribution in [0.5, 0.6) is 11.8 Å². The minimum absolute atomic E-state index is 0.0440. The van der Waals surface area contributed by atoms with Crippen molar-refractivity contribution in [2.45, 2.75) is 0 Å². The molecule has 0 fully saturated rings. The van der Waals surface area contributed by atoms with Crippen molar-refractivity contribution < 1.29 is 19.5 Å². The molecule has 0 aliphatic carbocycles. The van der Waals surface area contributed by atoms with Gasteiger partial charge in [-0.3, -0.25) is 0 Å². The van der Waals surface area contributed by atoms with Crippen LogP contribution in [-0.4, -0.2) is 24.3 Å². The Morgan fingerprint density at radius 1 is 1.50 bits per heavy atom. The van der Waals surface area contributed by atoms with Crippen molar-refractivity contribution in [3.63, 3.8) is 0 Å². The molecule has 0 saturated heterocycles. The fraction of sp³-hybridized carbons (Fsp3) is 0.400. The van der Waals surface area contributed by atoms with Crippen LogP contribution in [0.3, 0.4) is 0 Å². The third kappa shape index (κ3) is 0.865. The van der Waals surface area contributed by atoms with E-state index in [-0.39, 0.29) is 27.1 Å². The van der Waals surface area contributed by atoms with Gasteiger partial charge >= 0.3 is 11.8 Å². The number of nitrogen functional groups attached to an aromatic ring is 1. The van der Waals surface area contributed by atoms with E-state index in [2.05, 4.69) is 9.47 Å². The molecule has 0 bridgehead atoms. The first-order valence-corrected chi connectivity index (χ1v) is 3.04. The smallest absolute Gasteiger partial charge is 0.436 e. The molecule has 1 aromatic heterocycles. The van der Waals surface area contributed by atoms with E-state index in [4.69, 9.17) is 10.9 Å². The van der Waals surface area contributed by atoms with Crippen molar-refractivity contribution in [2.75, 3.05) is 20.0 Å². The molecule has 0 spiro atoms. The summed E-state index contributed by atoms with van der Waals surface area (Å²) in [4.78, 5) is 0.294. The van der Waals surface area contributed by atoms with Gasteiger partial charge in [0.25, 0.3) is 0 Å². The molecular formula is C5H9N3O4. The number of hydrogen-bond donors (Lipinski definition) is 2. The van der Waals surface area contributed by atoms with E-state index < -0.39 is 0 Å². The molecule has 0 aliphatic rings. The minimum atomic E-state index is -0.200. The minimum Gasteiger partial charge on any atom is -0.590 e. The molecule has 0 aromatic carbocycles. The second kappa shape index (κ2) is 2.68. The van der Waals surface area contributed by atoms with Crippen molar-refractivity contribution in [2.24, 2.45) is 0 Å². The van der Waals surface area contributed by atoms with Gasteiger partial charge in [-0.25, -0.2) is 0 Å². The predicted molar refractivity (Wildman–Crippen MR) is 38.1 cm³/mol. The standard InChI is InChI=1S/C5H9N3O4/c1-11-4-3(6)5(12-2)8(10)7(4)9/h9H,6H2,1-2H3. The fourth-order valence-electron chi connectivity index (χ4n) is 0.850. The molecule has 68 valence electrons. The van der Waals surface area contributed by atoms with Gasteiger partial charge in [0, 0.05) is 4.85 Å². The Balaban J connectivity index is 3.32. The van der Waals surface area contributed by atoms with Crippen molar-refractivity contribution >= 4 is 5.69 Å². The van der Waals surface area contributed by atoms with E-state index in [1.807, 2.05) is 0 Å². The maximum absolute atomic E-state index is 10.9. The number of nitrogens with two attached hydrogens (primary N) is 1. The van der Waals surface area contributed by atoms with Crippen molar-refractivity contribution in [1.29, 1.82) is 0 Å². The molecule has 7 heteroatoms. The Bertz CT molecular complexity index is 268. The quantitative estimate of drug-likeness (QED) is 0.340. The highest BCUT2D eigenvalue weighted by atomic mass is 16.7. The number of hydrogen-bond acceptors (Lipinski definition) is 5. The average molecular weight is 175 g/mol. The van der Waals surface area contributed by atoms with Gasteiger partial charge in [0.2, 0.25) is 5.69 Å². The van der Waals surface area contributed by atoms with Crippen LogP contribution in [0.4, 0.5) is 5.69 Å². The van der Waals surface area contributed by atoms with E-state index in [0.29, 0.717) is 0 Å². The lowest BCUT2D eigenvalue weighted by Gasteiger charge is -1.96. The summed E-state index contributed by atoms with van der Waals surface area (Å²) in [6.07, 6.45) is 0. The number of aromatic nitrogens is 2. The molecular weight excluding hydrogens is 166 g/mol. The Kier molecular flexibility index (Phi) is 1.86. The molecule has 0 radical (unpaired) electrons. The summed E-state index contributed by atoms with van der Waals surface area (Å²) in [5.74, 6) is -0.351. The van der Waals surface area contributed by atoms with E-state index in [1.54, 1.807) is 0 Å². The van der Waals surface area contributed by atoms with Crippen LogP contribution >= 0.6 is 0 Å². The largest absolute Gasteiger partial charge is 0.590 e. The Morgan fingerprint density at radius 3 is 2.33 bits per heavy atom. The molecule has 1 aromatic rings. The first-order chi connectivity index (χ1) is 5.63. The third-order valence-electron chi connectivity index (χ3n) is 1.37. The van der Waals surface area contributed by atoms with Gasteiger partial charge in [0.1, 0.15) is 0 Å². The zero-order valence-electron chi connectivity index (χ0n) is 6.64. The summed E-state index contributed by atoms with van der Waals surface area (Å²) >= 11 is 0. The summed E-state index contributed by atoms with van der Waals surface area (Å²) in [6, 6.07) is 0. The molecule has 0 amide bonds. The third-order valence-corrected chi connectivity index (χ3v) is 1.37. The van der Waals surface area contributed by atoms with Gasteiger partial charge in [-0.1, -0.05) is 0 Å². The molecule has 1 rings (SSSR count). The molecule has 0 aliphatic heterocycles. The normalized spacial score (nSPS) is 9.83. The van der Waals surface area contributed by atoms with Crippen LogP contribution in [-0.2, 0) is 0 Å². The number of rotatable bonds is 2. The maximum atomic E-state index is 10.9. The van der Waals surface area contributed by atoms with Crippen molar-refractivity contribution in [3.05, 3.63) is 5.21 Å². The highest BCUT2D eigenvalue weighted by Gasteiger charge is 2.27. The summed E-state index contributed by atoms with van der Waals surface area (Å²) < 4.78 is 9.23. The van der Waals surface area contributed by atoms with Crippen LogP contribution in [0, 0.1) is 5.21 Å². The lowest BCUT2D eigenvalue weighted by Crippen LogP contribution is -2.37. The molecule has 12 heavy (non-hydrogen) atoms. The van der Waals surface area contributed by atoms with Crippen LogP contribution < -0.4 is 20.1 Å². The molecule has 3 N–H and O–H groups in total. The maximum Gasteiger partial charge on any atom is 0.436 e. The summed E-state index contributed by atoms with van der Waals surface area (Å²) in [6.45, 7) is 0. The van der Waals surface area contributed by atoms with Gasteiger partial charge in [-0.2, -0.15) is 0 Å². The molecule has 0 unspecified atom stereocenters. The number of anilines is 1. The summed E-state index contributed by atoms with van der Waals surface area (Å²) in [5, 5.41) is 20.0. The van der Waals surface area contributed by atoms with Crippen LogP contribution in [0.15, 0.2) is 0 Å². The first-order valence-electron chi connectivity index (χ1n) is 3.04. The van der Waals surface area contributed by atoms with Gasteiger partial charge in [-0.15, -0.1) is 0 Å². The van der Waals surface area contributed by atoms with Crippen molar-refractivity contribution in [1.82, 2.24) is 4.85 Å². The lowest BCUT2D eigenvalue weighted by molar-refractivity contribution is -0.729. The summed E-state index contributed by atoms with van der Waals surface area (Å²) in [5.41, 5.74) is 5.33. The Morgan fingerprint density at radius 2 is 2.08 bits per heavy atom. The number of ether oxygens (including phenoxy) is 2. The molecule has 0 atom stereocenters. The number of methoxy groups -OCH3 is 2. The number of nitrogens with zero attached hydrogens (tertiary/aromatic N) is 2. The molecule has 1 heterocycles.